The summed E-state index contributed by atoms with van der Waals surface area (Å²) >= 11 is 0. The molecule has 0 N–H and O–H groups in total. The van der Waals surface area contributed by atoms with Gasteiger partial charge >= 0.3 is 0 Å². The Labute approximate surface area is 78.5 Å². The highest BCUT2D eigenvalue weighted by Gasteiger charge is 2.13. The fraction of sp³-hybridized carbons (Fsp3) is 0.818. The Morgan fingerprint density at radius 3 is 1.92 bits per heavy atom. The van der Waals surface area contributed by atoms with E-state index in [0.717, 1.165) is 5.92 Å². The molecule has 0 aliphatic carbocycles. The molecule has 0 radical (unpaired) electrons. The highest BCUT2D eigenvalue weighted by atomic mass is 15.1. The molecule has 1 heteroatoms. The smallest absolute Gasteiger partial charge is 0.0198 e. The summed E-state index contributed by atoms with van der Waals surface area (Å²) < 4.78 is 0. The zero-order valence-electron chi connectivity index (χ0n) is 9.43. The van der Waals surface area contributed by atoms with Crippen LogP contribution in [0.5, 0.6) is 0 Å². The van der Waals surface area contributed by atoms with E-state index in [1.54, 1.807) is 0 Å². The van der Waals surface area contributed by atoms with Gasteiger partial charge < -0.3 is 4.90 Å². The maximum absolute atomic E-state index is 3.70. The predicted octanol–water partition coefficient (Wildman–Crippen LogP) is 3.52. The van der Waals surface area contributed by atoms with Gasteiger partial charge in [-0.05, 0) is 18.5 Å². The quantitative estimate of drug-likeness (QED) is 0.583. The van der Waals surface area contributed by atoms with Crippen molar-refractivity contribution in [1.29, 1.82) is 0 Å². The van der Waals surface area contributed by atoms with Crippen LogP contribution in [-0.2, 0) is 0 Å². The molecular formula is C11H25N. The maximum Gasteiger partial charge on any atom is 0.0198 e. The SMILES string of the molecule is C=CN1CCC(C)C1.CC.CC. The van der Waals surface area contributed by atoms with Gasteiger partial charge in [-0.15, -0.1) is 0 Å². The lowest BCUT2D eigenvalue weighted by molar-refractivity contribution is 0.449. The van der Waals surface area contributed by atoms with Crippen LogP contribution in [-0.4, -0.2) is 18.0 Å². The molecule has 1 nitrogen and oxygen atoms in total. The molecule has 0 aromatic heterocycles. The van der Waals surface area contributed by atoms with Crippen molar-refractivity contribution in [1.82, 2.24) is 4.90 Å². The van der Waals surface area contributed by atoms with E-state index in [1.165, 1.54) is 19.5 Å². The van der Waals surface area contributed by atoms with Crippen molar-refractivity contribution >= 4 is 0 Å². The number of rotatable bonds is 1. The molecule has 0 saturated carbocycles. The summed E-state index contributed by atoms with van der Waals surface area (Å²) in [6.07, 6.45) is 3.27. The summed E-state index contributed by atoms with van der Waals surface area (Å²) in [6, 6.07) is 0. The standard InChI is InChI=1S/C7H13N.2C2H6/c1-3-8-5-4-7(2)6-8;2*1-2/h3,7H,1,4-6H2,2H3;2*1-2H3. The monoisotopic (exact) mass is 171 g/mol. The van der Waals surface area contributed by atoms with Crippen LogP contribution in [0, 0.1) is 5.92 Å². The summed E-state index contributed by atoms with van der Waals surface area (Å²) in [5.41, 5.74) is 0. The Balaban J connectivity index is 0. The van der Waals surface area contributed by atoms with Crippen LogP contribution in [0.2, 0.25) is 0 Å². The topological polar surface area (TPSA) is 3.24 Å². The summed E-state index contributed by atoms with van der Waals surface area (Å²) in [6.45, 7) is 16.4. The van der Waals surface area contributed by atoms with Gasteiger partial charge in [-0.1, -0.05) is 41.2 Å². The van der Waals surface area contributed by atoms with Crippen molar-refractivity contribution in [2.24, 2.45) is 5.92 Å². The van der Waals surface area contributed by atoms with E-state index in [-0.39, 0.29) is 0 Å². The molecule has 1 heterocycles. The summed E-state index contributed by atoms with van der Waals surface area (Å²) in [4.78, 5) is 2.27. The van der Waals surface area contributed by atoms with Crippen molar-refractivity contribution < 1.29 is 0 Å². The minimum absolute atomic E-state index is 0.882. The number of likely N-dealkylation sites (tertiary alicyclic amines) is 1. The Morgan fingerprint density at radius 1 is 1.25 bits per heavy atom. The molecule has 0 spiro atoms. The van der Waals surface area contributed by atoms with Crippen molar-refractivity contribution in [3.63, 3.8) is 0 Å². The van der Waals surface area contributed by atoms with Gasteiger partial charge in [-0.3, -0.25) is 0 Å². The molecule has 74 valence electrons. The van der Waals surface area contributed by atoms with Crippen LogP contribution in [0.4, 0.5) is 0 Å². The average Bonchev–Trinajstić information content (AvgIpc) is 2.58. The van der Waals surface area contributed by atoms with Crippen molar-refractivity contribution in [3.8, 4) is 0 Å². The third-order valence-electron chi connectivity index (χ3n) is 1.71. The Morgan fingerprint density at radius 2 is 1.75 bits per heavy atom. The number of hydrogen-bond acceptors (Lipinski definition) is 1. The van der Waals surface area contributed by atoms with E-state index in [0.29, 0.717) is 0 Å². The van der Waals surface area contributed by atoms with Gasteiger partial charge in [0.15, 0.2) is 0 Å². The first kappa shape index (κ1) is 14.1. The van der Waals surface area contributed by atoms with E-state index in [4.69, 9.17) is 0 Å². The van der Waals surface area contributed by atoms with Crippen molar-refractivity contribution in [2.75, 3.05) is 13.1 Å². The molecule has 1 aliphatic heterocycles. The third-order valence-corrected chi connectivity index (χ3v) is 1.71. The molecule has 12 heavy (non-hydrogen) atoms. The maximum atomic E-state index is 3.70. The van der Waals surface area contributed by atoms with E-state index < -0.39 is 0 Å². The van der Waals surface area contributed by atoms with Gasteiger partial charge in [-0.2, -0.15) is 0 Å². The molecule has 0 amide bonds. The van der Waals surface area contributed by atoms with Gasteiger partial charge in [0, 0.05) is 13.1 Å². The third kappa shape index (κ3) is 6.26. The Kier molecular flexibility index (Phi) is 12.4. The molecule has 1 aliphatic rings. The molecule has 0 aromatic carbocycles. The van der Waals surface area contributed by atoms with Crippen LogP contribution < -0.4 is 0 Å². The molecule has 0 aromatic rings. The van der Waals surface area contributed by atoms with E-state index in [2.05, 4.69) is 18.4 Å². The lowest BCUT2D eigenvalue weighted by Gasteiger charge is -2.08. The zero-order chi connectivity index (χ0) is 9.98. The number of nitrogens with zero attached hydrogens (tertiary/aromatic N) is 1. The lowest BCUT2D eigenvalue weighted by Crippen LogP contribution is -2.11. The second kappa shape index (κ2) is 10.5. The highest BCUT2D eigenvalue weighted by Crippen LogP contribution is 2.13. The van der Waals surface area contributed by atoms with Crippen molar-refractivity contribution in [3.05, 3.63) is 12.8 Å². The van der Waals surface area contributed by atoms with Crippen LogP contribution in [0.25, 0.3) is 0 Å². The lowest BCUT2D eigenvalue weighted by atomic mass is 10.2. The van der Waals surface area contributed by atoms with Crippen molar-refractivity contribution in [2.45, 2.75) is 41.0 Å². The largest absolute Gasteiger partial charge is 0.378 e. The zero-order valence-corrected chi connectivity index (χ0v) is 9.43. The van der Waals surface area contributed by atoms with E-state index >= 15 is 0 Å². The average molecular weight is 171 g/mol. The van der Waals surface area contributed by atoms with E-state index in [9.17, 15) is 0 Å². The summed E-state index contributed by atoms with van der Waals surface area (Å²) in [5.74, 6) is 0.882. The molecule has 1 unspecified atom stereocenters. The molecular weight excluding hydrogens is 146 g/mol. The minimum Gasteiger partial charge on any atom is -0.378 e. The van der Waals surface area contributed by atoms with Crippen LogP contribution in [0.1, 0.15) is 41.0 Å². The van der Waals surface area contributed by atoms with Crippen LogP contribution in [0.15, 0.2) is 12.8 Å². The second-order valence-electron chi connectivity index (χ2n) is 2.57. The molecule has 1 rings (SSSR count). The predicted molar refractivity (Wildman–Crippen MR) is 58.2 cm³/mol. The van der Waals surface area contributed by atoms with E-state index in [1.807, 2.05) is 33.9 Å². The van der Waals surface area contributed by atoms with Gasteiger partial charge in [0.1, 0.15) is 0 Å². The van der Waals surface area contributed by atoms with Crippen LogP contribution in [0.3, 0.4) is 0 Å². The number of hydrogen-bond donors (Lipinski definition) is 0. The van der Waals surface area contributed by atoms with Gasteiger partial charge in [0.2, 0.25) is 0 Å². The Hall–Kier alpha value is -0.460. The normalized spacial score (nSPS) is 20.1. The van der Waals surface area contributed by atoms with Gasteiger partial charge in [0.25, 0.3) is 0 Å². The fourth-order valence-corrected chi connectivity index (χ4v) is 1.13. The summed E-state index contributed by atoms with van der Waals surface area (Å²) in [7, 11) is 0. The van der Waals surface area contributed by atoms with Gasteiger partial charge in [0.05, 0.1) is 0 Å². The summed E-state index contributed by atoms with van der Waals surface area (Å²) in [5, 5.41) is 0. The molecule has 1 saturated heterocycles. The highest BCUT2D eigenvalue weighted by molar-refractivity contribution is 4.79. The van der Waals surface area contributed by atoms with Crippen LogP contribution >= 0.6 is 0 Å². The first-order valence-electron chi connectivity index (χ1n) is 5.19. The minimum atomic E-state index is 0.882. The molecule has 0 bridgehead atoms. The molecule has 1 fully saturated rings. The Bertz CT molecular complexity index is 89.0. The fourth-order valence-electron chi connectivity index (χ4n) is 1.13. The first-order valence-corrected chi connectivity index (χ1v) is 5.19. The second-order valence-corrected chi connectivity index (χ2v) is 2.57. The molecule has 1 atom stereocenters. The van der Waals surface area contributed by atoms with Gasteiger partial charge in [-0.25, -0.2) is 0 Å². The first-order chi connectivity index (χ1) is 5.83.